The molecule has 1 aromatic carbocycles. The van der Waals surface area contributed by atoms with Crippen LogP contribution >= 0.6 is 11.3 Å². The molecule has 2 aromatic heterocycles. The van der Waals surface area contributed by atoms with Crippen molar-refractivity contribution in [2.45, 2.75) is 46.1 Å². The highest BCUT2D eigenvalue weighted by Gasteiger charge is 2.27. The molecule has 1 aliphatic carbocycles. The molecule has 0 spiro atoms. The van der Waals surface area contributed by atoms with E-state index in [1.165, 1.54) is 11.3 Å². The fraction of sp³-hybridized carbons (Fsp3) is 0.381. The number of aryl methyl sites for hydroxylation is 2. The van der Waals surface area contributed by atoms with E-state index in [4.69, 9.17) is 4.74 Å². The van der Waals surface area contributed by atoms with Crippen LogP contribution in [-0.4, -0.2) is 38.7 Å². The van der Waals surface area contributed by atoms with E-state index in [0.29, 0.717) is 35.1 Å². The summed E-state index contributed by atoms with van der Waals surface area (Å²) in [5.74, 6) is -0.0504. The summed E-state index contributed by atoms with van der Waals surface area (Å²) in [6, 6.07) is 7.15. The number of anilines is 1. The van der Waals surface area contributed by atoms with E-state index in [0.717, 1.165) is 41.7 Å². The minimum absolute atomic E-state index is 0.281. The van der Waals surface area contributed by atoms with Crippen LogP contribution in [0.15, 0.2) is 24.3 Å². The van der Waals surface area contributed by atoms with Gasteiger partial charge in [0.1, 0.15) is 5.00 Å². The number of amides is 1. The molecule has 0 fully saturated rings. The molecule has 0 unspecified atom stereocenters. The third-order valence-electron chi connectivity index (χ3n) is 5.09. The molecule has 0 aliphatic heterocycles. The first kappa shape index (κ1) is 20.2. The van der Waals surface area contributed by atoms with Crippen LogP contribution < -0.4 is 5.32 Å². The zero-order valence-electron chi connectivity index (χ0n) is 17.0. The normalized spacial score (nSPS) is 13.0. The van der Waals surface area contributed by atoms with Gasteiger partial charge in [0.05, 0.1) is 12.2 Å². The van der Waals surface area contributed by atoms with Crippen LogP contribution in [0.25, 0.3) is 11.4 Å². The van der Waals surface area contributed by atoms with E-state index in [1.54, 1.807) is 29.8 Å². The predicted octanol–water partition coefficient (Wildman–Crippen LogP) is 3.73. The summed E-state index contributed by atoms with van der Waals surface area (Å²) >= 11 is 1.48. The van der Waals surface area contributed by atoms with Crippen LogP contribution in [0.3, 0.4) is 0 Å². The highest BCUT2D eigenvalue weighted by atomic mass is 32.1. The molecule has 1 N–H and O–H groups in total. The lowest BCUT2D eigenvalue weighted by molar-refractivity contribution is 0.0526. The minimum Gasteiger partial charge on any atom is -0.462 e. The molecular weight excluding hydrogens is 402 g/mol. The number of hydrogen-bond donors (Lipinski definition) is 1. The largest absolute Gasteiger partial charge is 0.462 e. The Morgan fingerprint density at radius 2 is 2.07 bits per heavy atom. The Hall–Kier alpha value is -3.07. The second-order valence-electron chi connectivity index (χ2n) is 6.99. The molecule has 30 heavy (non-hydrogen) atoms. The third kappa shape index (κ3) is 3.85. The zero-order chi connectivity index (χ0) is 21.1. The van der Waals surface area contributed by atoms with Crippen LogP contribution in [-0.2, 0) is 24.1 Å². The van der Waals surface area contributed by atoms with Gasteiger partial charge in [-0.05, 0) is 67.7 Å². The van der Waals surface area contributed by atoms with E-state index in [2.05, 4.69) is 20.8 Å². The second kappa shape index (κ2) is 8.74. The number of hydrogen-bond acceptors (Lipinski definition) is 7. The van der Waals surface area contributed by atoms with Gasteiger partial charge in [0, 0.05) is 22.5 Å². The molecule has 1 amide bonds. The number of rotatable bonds is 6. The number of carbonyl (C=O) groups is 2. The van der Waals surface area contributed by atoms with Crippen LogP contribution in [0.4, 0.5) is 5.00 Å². The number of carbonyl (C=O) groups excluding carboxylic acids is 2. The summed E-state index contributed by atoms with van der Waals surface area (Å²) in [6.45, 7) is 4.66. The molecule has 0 saturated carbocycles. The monoisotopic (exact) mass is 425 g/mol. The fourth-order valence-corrected chi connectivity index (χ4v) is 4.94. The molecule has 3 aromatic rings. The lowest BCUT2D eigenvalue weighted by Crippen LogP contribution is -2.16. The minimum atomic E-state index is -0.372. The number of nitrogens with zero attached hydrogens (tertiary/aromatic N) is 4. The van der Waals surface area contributed by atoms with Crippen molar-refractivity contribution < 1.29 is 14.3 Å². The van der Waals surface area contributed by atoms with E-state index < -0.39 is 0 Å². The van der Waals surface area contributed by atoms with Gasteiger partial charge in [0.15, 0.2) is 5.82 Å². The maximum atomic E-state index is 13.0. The number of tetrazole rings is 1. The van der Waals surface area contributed by atoms with E-state index in [-0.39, 0.29) is 11.9 Å². The van der Waals surface area contributed by atoms with Gasteiger partial charge in [-0.15, -0.1) is 16.4 Å². The molecule has 0 radical (unpaired) electrons. The Balaban J connectivity index is 1.64. The van der Waals surface area contributed by atoms with Gasteiger partial charge in [-0.1, -0.05) is 12.1 Å². The number of esters is 1. The van der Waals surface area contributed by atoms with Crippen molar-refractivity contribution >= 4 is 28.2 Å². The smallest absolute Gasteiger partial charge is 0.341 e. The Bertz CT molecular complexity index is 1090. The summed E-state index contributed by atoms with van der Waals surface area (Å²) in [4.78, 5) is 26.8. The summed E-state index contributed by atoms with van der Waals surface area (Å²) in [7, 11) is 0. The first-order valence-corrected chi connectivity index (χ1v) is 10.9. The van der Waals surface area contributed by atoms with Gasteiger partial charge in [-0.25, -0.2) is 9.48 Å². The molecule has 156 valence electrons. The zero-order valence-corrected chi connectivity index (χ0v) is 17.8. The molecular formula is C21H23N5O3S. The van der Waals surface area contributed by atoms with Crippen molar-refractivity contribution in [2.75, 3.05) is 11.9 Å². The summed E-state index contributed by atoms with van der Waals surface area (Å²) < 4.78 is 6.94. The van der Waals surface area contributed by atoms with Crippen LogP contribution in [0.5, 0.6) is 0 Å². The highest BCUT2D eigenvalue weighted by molar-refractivity contribution is 7.17. The summed E-state index contributed by atoms with van der Waals surface area (Å²) in [5, 5.41) is 15.2. The Morgan fingerprint density at radius 3 is 2.87 bits per heavy atom. The molecule has 2 heterocycles. The SMILES string of the molecule is CCOC(=O)c1c(NC(=O)c2cccc(-c3nnnn3CC)c2)sc2c1CCCC2. The van der Waals surface area contributed by atoms with Crippen LogP contribution in [0.2, 0.25) is 0 Å². The van der Waals surface area contributed by atoms with Crippen molar-refractivity contribution in [1.29, 1.82) is 0 Å². The predicted molar refractivity (Wildman–Crippen MR) is 114 cm³/mol. The molecule has 0 atom stereocenters. The van der Waals surface area contributed by atoms with Gasteiger partial charge in [-0.2, -0.15) is 0 Å². The number of thiophene rings is 1. The van der Waals surface area contributed by atoms with Gasteiger partial charge >= 0.3 is 5.97 Å². The van der Waals surface area contributed by atoms with Crippen molar-refractivity contribution in [3.63, 3.8) is 0 Å². The van der Waals surface area contributed by atoms with Crippen molar-refractivity contribution in [3.8, 4) is 11.4 Å². The average Bonchev–Trinajstić information content (AvgIpc) is 3.38. The molecule has 0 bridgehead atoms. The highest BCUT2D eigenvalue weighted by Crippen LogP contribution is 2.38. The molecule has 8 nitrogen and oxygen atoms in total. The quantitative estimate of drug-likeness (QED) is 0.604. The topological polar surface area (TPSA) is 99.0 Å². The average molecular weight is 426 g/mol. The number of nitrogens with one attached hydrogen (secondary N) is 1. The van der Waals surface area contributed by atoms with E-state index in [1.807, 2.05) is 13.0 Å². The number of aromatic nitrogens is 4. The molecule has 4 rings (SSSR count). The number of fused-ring (bicyclic) bond motifs is 1. The van der Waals surface area contributed by atoms with Crippen molar-refractivity contribution in [1.82, 2.24) is 20.2 Å². The van der Waals surface area contributed by atoms with Gasteiger partial charge in [0.2, 0.25) is 0 Å². The standard InChI is InChI=1S/C21H23N5O3S/c1-3-26-18(23-24-25-26)13-8-7-9-14(12-13)19(27)22-20-17(21(28)29-4-2)15-10-5-6-11-16(15)30-20/h7-9,12H,3-6,10-11H2,1-2H3,(H,22,27). The Morgan fingerprint density at radius 1 is 1.23 bits per heavy atom. The maximum absolute atomic E-state index is 13.0. The van der Waals surface area contributed by atoms with Gasteiger partial charge in [0.25, 0.3) is 5.91 Å². The maximum Gasteiger partial charge on any atom is 0.341 e. The van der Waals surface area contributed by atoms with Crippen LogP contribution in [0.1, 0.15) is 57.8 Å². The molecule has 0 saturated heterocycles. The fourth-order valence-electron chi connectivity index (χ4n) is 3.67. The van der Waals surface area contributed by atoms with Crippen LogP contribution in [0, 0.1) is 0 Å². The first-order chi connectivity index (χ1) is 14.6. The lowest BCUT2D eigenvalue weighted by atomic mass is 9.95. The van der Waals surface area contributed by atoms with E-state index in [9.17, 15) is 9.59 Å². The van der Waals surface area contributed by atoms with Gasteiger partial charge < -0.3 is 10.1 Å². The lowest BCUT2D eigenvalue weighted by Gasteiger charge is -2.12. The first-order valence-electron chi connectivity index (χ1n) is 10.1. The summed E-state index contributed by atoms with van der Waals surface area (Å²) in [6.07, 6.45) is 3.90. The van der Waals surface area contributed by atoms with E-state index >= 15 is 0 Å². The molecule has 9 heteroatoms. The third-order valence-corrected chi connectivity index (χ3v) is 6.30. The number of ether oxygens (including phenoxy) is 1. The van der Waals surface area contributed by atoms with Crippen molar-refractivity contribution in [3.05, 3.63) is 45.8 Å². The van der Waals surface area contributed by atoms with Crippen molar-refractivity contribution in [2.24, 2.45) is 0 Å². The Kier molecular flexibility index (Phi) is 5.89. The van der Waals surface area contributed by atoms with Gasteiger partial charge in [-0.3, -0.25) is 4.79 Å². The number of benzene rings is 1. The second-order valence-corrected chi connectivity index (χ2v) is 8.09. The summed E-state index contributed by atoms with van der Waals surface area (Å²) in [5.41, 5.74) is 2.76. The Labute approximate surface area is 178 Å². The molecule has 1 aliphatic rings.